The summed E-state index contributed by atoms with van der Waals surface area (Å²) in [5, 5.41) is 2.71. The fourth-order valence-corrected chi connectivity index (χ4v) is 1.94. The topological polar surface area (TPSA) is 75.7 Å². The lowest BCUT2D eigenvalue weighted by Gasteiger charge is -2.15. The Morgan fingerprint density at radius 3 is 2.25 bits per heavy atom. The van der Waals surface area contributed by atoms with Crippen molar-refractivity contribution in [1.29, 1.82) is 0 Å². The molecule has 0 radical (unpaired) electrons. The second-order valence-corrected chi connectivity index (χ2v) is 5.15. The van der Waals surface area contributed by atoms with Crippen molar-refractivity contribution in [1.82, 2.24) is 0 Å². The monoisotopic (exact) mass is 326 g/mol. The minimum Gasteiger partial charge on any atom is -0.484 e. The van der Waals surface area contributed by atoms with Crippen molar-refractivity contribution in [2.24, 2.45) is 0 Å². The molecule has 0 bridgehead atoms. The zero-order chi connectivity index (χ0) is 17.5. The Bertz CT molecular complexity index is 724. The number of benzene rings is 2. The van der Waals surface area contributed by atoms with E-state index in [0.717, 1.165) is 12.0 Å². The van der Waals surface area contributed by atoms with Gasteiger partial charge in [0.05, 0.1) is 0 Å². The van der Waals surface area contributed by atoms with Crippen LogP contribution in [0.25, 0.3) is 0 Å². The van der Waals surface area contributed by atoms with Gasteiger partial charge in [-0.1, -0.05) is 0 Å². The minimum atomic E-state index is -0.304. The zero-order valence-electron chi connectivity index (χ0n) is 13.5. The van der Waals surface area contributed by atoms with Crippen molar-refractivity contribution in [3.05, 3.63) is 54.1 Å². The largest absolute Gasteiger partial charge is 0.484 e. The van der Waals surface area contributed by atoms with Crippen LogP contribution in [0.3, 0.4) is 0 Å². The van der Waals surface area contributed by atoms with Gasteiger partial charge in [-0.15, -0.1) is 0 Å². The van der Waals surface area contributed by atoms with Crippen LogP contribution >= 0.6 is 0 Å². The molecule has 6 heteroatoms. The highest BCUT2D eigenvalue weighted by Crippen LogP contribution is 2.17. The molecule has 0 spiro atoms. The molecule has 0 heterocycles. The molecule has 0 fully saturated rings. The van der Waals surface area contributed by atoms with E-state index in [1.807, 2.05) is 0 Å². The number of hydrogen-bond acceptors (Lipinski definition) is 4. The van der Waals surface area contributed by atoms with Gasteiger partial charge in [0.15, 0.2) is 6.61 Å². The average molecular weight is 326 g/mol. The molecule has 2 rings (SSSR count). The molecule has 2 aromatic rings. The molecular weight excluding hydrogens is 308 g/mol. The summed E-state index contributed by atoms with van der Waals surface area (Å²) in [6.07, 6.45) is 0.740. The molecule has 0 unspecified atom stereocenters. The van der Waals surface area contributed by atoms with Crippen LogP contribution in [0.4, 0.5) is 11.4 Å². The number of hydrogen-bond donors (Lipinski definition) is 1. The predicted molar refractivity (Wildman–Crippen MR) is 91.5 cm³/mol. The van der Waals surface area contributed by atoms with Gasteiger partial charge >= 0.3 is 0 Å². The van der Waals surface area contributed by atoms with E-state index in [1.165, 1.54) is 11.8 Å². The van der Waals surface area contributed by atoms with E-state index in [0.29, 0.717) is 17.0 Å². The molecule has 24 heavy (non-hydrogen) atoms. The first-order chi connectivity index (χ1) is 11.5. The van der Waals surface area contributed by atoms with Crippen LogP contribution in [0.1, 0.15) is 17.3 Å². The van der Waals surface area contributed by atoms with Crippen molar-refractivity contribution in [2.75, 3.05) is 23.9 Å². The Hall–Kier alpha value is -3.15. The van der Waals surface area contributed by atoms with Crippen molar-refractivity contribution in [3.63, 3.8) is 0 Å². The molecule has 124 valence electrons. The van der Waals surface area contributed by atoms with Gasteiger partial charge in [-0.3, -0.25) is 14.4 Å². The van der Waals surface area contributed by atoms with Gasteiger partial charge in [0.25, 0.3) is 5.91 Å². The van der Waals surface area contributed by atoms with Crippen molar-refractivity contribution in [2.45, 2.75) is 6.92 Å². The third kappa shape index (κ3) is 4.67. The molecule has 0 aliphatic heterocycles. The zero-order valence-corrected chi connectivity index (χ0v) is 13.5. The fraction of sp³-hybridized carbons (Fsp3) is 0.167. The highest BCUT2D eigenvalue weighted by Gasteiger charge is 2.07. The van der Waals surface area contributed by atoms with E-state index in [-0.39, 0.29) is 18.4 Å². The Morgan fingerprint density at radius 1 is 1.08 bits per heavy atom. The highest BCUT2D eigenvalue weighted by molar-refractivity contribution is 5.93. The van der Waals surface area contributed by atoms with Gasteiger partial charge in [0.1, 0.15) is 12.0 Å². The number of amides is 2. The summed E-state index contributed by atoms with van der Waals surface area (Å²) in [5.74, 6) is 0.136. The molecule has 0 aromatic heterocycles. The first kappa shape index (κ1) is 17.2. The molecule has 0 aliphatic carbocycles. The molecular formula is C18H18N2O4. The summed E-state index contributed by atoms with van der Waals surface area (Å²) in [6.45, 7) is 1.34. The third-order valence-electron chi connectivity index (χ3n) is 3.40. The Balaban J connectivity index is 1.87. The Morgan fingerprint density at radius 2 is 1.71 bits per heavy atom. The number of nitrogens with zero attached hydrogens (tertiary/aromatic N) is 1. The molecule has 2 aromatic carbocycles. The van der Waals surface area contributed by atoms with E-state index in [9.17, 15) is 14.4 Å². The summed E-state index contributed by atoms with van der Waals surface area (Å²) in [6, 6.07) is 13.4. The summed E-state index contributed by atoms with van der Waals surface area (Å²) in [4.78, 5) is 35.2. The molecule has 6 nitrogen and oxygen atoms in total. The fourth-order valence-electron chi connectivity index (χ4n) is 1.94. The maximum absolute atomic E-state index is 11.9. The van der Waals surface area contributed by atoms with Gasteiger partial charge in [0.2, 0.25) is 5.91 Å². The smallest absolute Gasteiger partial charge is 0.262 e. The van der Waals surface area contributed by atoms with Gasteiger partial charge < -0.3 is 15.0 Å². The van der Waals surface area contributed by atoms with Gasteiger partial charge in [-0.25, -0.2) is 0 Å². The van der Waals surface area contributed by atoms with Crippen LogP contribution in [0, 0.1) is 0 Å². The lowest BCUT2D eigenvalue weighted by molar-refractivity contribution is -0.118. The number of carbonyl (C=O) groups excluding carboxylic acids is 3. The Kier molecular flexibility index (Phi) is 5.68. The average Bonchev–Trinajstić information content (AvgIpc) is 2.60. The van der Waals surface area contributed by atoms with Gasteiger partial charge in [0, 0.05) is 30.9 Å². The summed E-state index contributed by atoms with van der Waals surface area (Å²) < 4.78 is 5.35. The van der Waals surface area contributed by atoms with E-state index in [4.69, 9.17) is 4.74 Å². The molecule has 2 amide bonds. The number of anilines is 2. The summed E-state index contributed by atoms with van der Waals surface area (Å²) in [7, 11) is 1.68. The van der Waals surface area contributed by atoms with Crippen molar-refractivity contribution in [3.8, 4) is 5.75 Å². The van der Waals surface area contributed by atoms with Crippen LogP contribution in [0.2, 0.25) is 0 Å². The first-order valence-corrected chi connectivity index (χ1v) is 7.32. The second kappa shape index (κ2) is 7.92. The number of rotatable bonds is 6. The standard InChI is InChI=1S/C18H18N2O4/c1-13(22)20(2)16-7-5-15(6-8-16)19-18(23)12-24-17-9-3-14(11-21)4-10-17/h3-11H,12H2,1-2H3,(H,19,23). The number of carbonyl (C=O) groups is 3. The maximum Gasteiger partial charge on any atom is 0.262 e. The lowest BCUT2D eigenvalue weighted by Crippen LogP contribution is -2.23. The first-order valence-electron chi connectivity index (χ1n) is 7.32. The van der Waals surface area contributed by atoms with Crippen molar-refractivity contribution >= 4 is 29.5 Å². The molecule has 1 N–H and O–H groups in total. The molecule has 0 aliphatic rings. The van der Waals surface area contributed by atoms with Gasteiger partial charge in [-0.05, 0) is 48.5 Å². The van der Waals surface area contributed by atoms with E-state index < -0.39 is 0 Å². The lowest BCUT2D eigenvalue weighted by atomic mass is 10.2. The number of nitrogens with one attached hydrogen (secondary N) is 1. The van der Waals surface area contributed by atoms with E-state index in [2.05, 4.69) is 5.32 Å². The van der Waals surface area contributed by atoms with Gasteiger partial charge in [-0.2, -0.15) is 0 Å². The normalized spacial score (nSPS) is 9.92. The number of aldehydes is 1. The Labute approximate surface area is 140 Å². The van der Waals surface area contributed by atoms with E-state index in [1.54, 1.807) is 55.6 Å². The van der Waals surface area contributed by atoms with Crippen molar-refractivity contribution < 1.29 is 19.1 Å². The second-order valence-electron chi connectivity index (χ2n) is 5.15. The van der Waals surface area contributed by atoms with Crippen LogP contribution in [0.15, 0.2) is 48.5 Å². The van der Waals surface area contributed by atoms with Crippen LogP contribution in [-0.2, 0) is 9.59 Å². The quantitative estimate of drug-likeness (QED) is 0.828. The van der Waals surface area contributed by atoms with Crippen LogP contribution in [-0.4, -0.2) is 31.8 Å². The highest BCUT2D eigenvalue weighted by atomic mass is 16.5. The molecule has 0 atom stereocenters. The summed E-state index contributed by atoms with van der Waals surface area (Å²) in [5.41, 5.74) is 1.90. The summed E-state index contributed by atoms with van der Waals surface area (Å²) >= 11 is 0. The minimum absolute atomic E-state index is 0.0687. The molecule has 0 saturated heterocycles. The predicted octanol–water partition coefficient (Wildman–Crippen LogP) is 2.50. The van der Waals surface area contributed by atoms with E-state index >= 15 is 0 Å². The van der Waals surface area contributed by atoms with Crippen LogP contribution in [0.5, 0.6) is 5.75 Å². The van der Waals surface area contributed by atoms with Crippen LogP contribution < -0.4 is 15.0 Å². The number of ether oxygens (including phenoxy) is 1. The maximum atomic E-state index is 11.9. The third-order valence-corrected chi connectivity index (χ3v) is 3.40. The SMILES string of the molecule is CC(=O)N(C)c1ccc(NC(=O)COc2ccc(C=O)cc2)cc1. The molecule has 0 saturated carbocycles.